The van der Waals surface area contributed by atoms with Gasteiger partial charge >= 0.3 is 5.97 Å². The Balaban J connectivity index is 2.49. The van der Waals surface area contributed by atoms with Crippen LogP contribution in [0.5, 0.6) is 0 Å². The van der Waals surface area contributed by atoms with Gasteiger partial charge in [-0.2, -0.15) is 0 Å². The van der Waals surface area contributed by atoms with Crippen LogP contribution in [0.3, 0.4) is 0 Å². The summed E-state index contributed by atoms with van der Waals surface area (Å²) < 4.78 is 29.6. The summed E-state index contributed by atoms with van der Waals surface area (Å²) in [5.41, 5.74) is 0.711. The highest BCUT2D eigenvalue weighted by Gasteiger charge is 2.13. The summed E-state index contributed by atoms with van der Waals surface area (Å²) in [5.74, 6) is -1.58. The molecule has 1 rings (SSSR count). The standard InChI is InChI=1S/C14H16ClNO5S/c1-21-14(18)3-2-10-22(19,20)16-13(17)9-6-11-4-7-12(15)8-5-11/h4-9H,2-3,10H2,1H3,(H,16,17)/b9-6-. The van der Waals surface area contributed by atoms with Gasteiger partial charge in [0.2, 0.25) is 10.0 Å². The van der Waals surface area contributed by atoms with Crippen LogP contribution < -0.4 is 4.72 Å². The van der Waals surface area contributed by atoms with E-state index in [9.17, 15) is 18.0 Å². The number of sulfonamides is 1. The summed E-state index contributed by atoms with van der Waals surface area (Å²) in [6, 6.07) is 6.69. The Morgan fingerprint density at radius 3 is 2.50 bits per heavy atom. The molecule has 0 radical (unpaired) electrons. The van der Waals surface area contributed by atoms with Crippen LogP contribution in [0.4, 0.5) is 0 Å². The van der Waals surface area contributed by atoms with Gasteiger partial charge in [-0.25, -0.2) is 13.1 Å². The van der Waals surface area contributed by atoms with Gasteiger partial charge in [0.1, 0.15) is 0 Å². The smallest absolute Gasteiger partial charge is 0.305 e. The predicted molar refractivity (Wildman–Crippen MR) is 83.7 cm³/mol. The maximum absolute atomic E-state index is 11.6. The molecule has 0 spiro atoms. The average Bonchev–Trinajstić information content (AvgIpc) is 2.45. The zero-order chi connectivity index (χ0) is 16.6. The maximum Gasteiger partial charge on any atom is 0.305 e. The number of halogens is 1. The molecule has 0 aliphatic heterocycles. The third-order valence-corrected chi connectivity index (χ3v) is 4.17. The number of ether oxygens (including phenoxy) is 1. The highest BCUT2D eigenvalue weighted by atomic mass is 35.5. The van der Waals surface area contributed by atoms with Gasteiger partial charge in [0.15, 0.2) is 0 Å². The lowest BCUT2D eigenvalue weighted by atomic mass is 10.2. The number of benzene rings is 1. The highest BCUT2D eigenvalue weighted by Crippen LogP contribution is 2.10. The third kappa shape index (κ3) is 7.24. The first-order valence-corrected chi connectivity index (χ1v) is 8.40. The van der Waals surface area contributed by atoms with Gasteiger partial charge in [0, 0.05) is 17.5 Å². The fourth-order valence-electron chi connectivity index (χ4n) is 1.49. The predicted octanol–water partition coefficient (Wildman–Crippen LogP) is 1.75. The highest BCUT2D eigenvalue weighted by molar-refractivity contribution is 7.90. The largest absolute Gasteiger partial charge is 0.469 e. The number of amides is 1. The lowest BCUT2D eigenvalue weighted by Gasteiger charge is -2.04. The molecule has 0 fully saturated rings. The maximum atomic E-state index is 11.6. The van der Waals surface area contributed by atoms with Crippen molar-refractivity contribution in [3.05, 3.63) is 40.9 Å². The molecule has 0 unspecified atom stereocenters. The van der Waals surface area contributed by atoms with Crippen molar-refractivity contribution in [1.82, 2.24) is 4.72 Å². The summed E-state index contributed by atoms with van der Waals surface area (Å²) in [5, 5.41) is 0.565. The van der Waals surface area contributed by atoms with Crippen molar-refractivity contribution in [3.8, 4) is 0 Å². The number of hydrogen-bond donors (Lipinski definition) is 1. The molecule has 22 heavy (non-hydrogen) atoms. The van der Waals surface area contributed by atoms with Crippen LogP contribution in [0, 0.1) is 0 Å². The first kappa shape index (κ1) is 18.2. The van der Waals surface area contributed by atoms with Crippen LogP contribution in [-0.2, 0) is 24.3 Å². The molecule has 1 amide bonds. The number of carbonyl (C=O) groups excluding carboxylic acids is 2. The van der Waals surface area contributed by atoms with E-state index >= 15 is 0 Å². The van der Waals surface area contributed by atoms with Crippen molar-refractivity contribution < 1.29 is 22.7 Å². The SMILES string of the molecule is COC(=O)CCCS(=O)(=O)NC(=O)/C=C\c1ccc(Cl)cc1. The van der Waals surface area contributed by atoms with E-state index < -0.39 is 21.9 Å². The molecule has 0 saturated carbocycles. The van der Waals surface area contributed by atoms with E-state index in [1.807, 2.05) is 4.72 Å². The van der Waals surface area contributed by atoms with E-state index in [1.54, 1.807) is 24.3 Å². The van der Waals surface area contributed by atoms with Gasteiger partial charge in [-0.3, -0.25) is 9.59 Å². The molecule has 6 nitrogen and oxygen atoms in total. The molecular weight excluding hydrogens is 330 g/mol. The van der Waals surface area contributed by atoms with Gasteiger partial charge < -0.3 is 4.74 Å². The molecule has 0 bridgehead atoms. The molecule has 0 saturated heterocycles. The molecular formula is C14H16ClNO5S. The second kappa shape index (κ2) is 8.55. The summed E-state index contributed by atoms with van der Waals surface area (Å²) >= 11 is 5.73. The number of carbonyl (C=O) groups is 2. The van der Waals surface area contributed by atoms with Crippen molar-refractivity contribution in [2.24, 2.45) is 0 Å². The van der Waals surface area contributed by atoms with E-state index in [4.69, 9.17) is 11.6 Å². The first-order valence-electron chi connectivity index (χ1n) is 6.37. The molecule has 0 heterocycles. The Bertz CT molecular complexity index is 652. The number of methoxy groups -OCH3 is 1. The van der Waals surface area contributed by atoms with E-state index in [0.29, 0.717) is 10.6 Å². The van der Waals surface area contributed by atoms with Gasteiger partial charge in [-0.1, -0.05) is 23.7 Å². The zero-order valence-electron chi connectivity index (χ0n) is 11.9. The minimum atomic E-state index is -3.78. The normalized spacial score (nSPS) is 11.4. The van der Waals surface area contributed by atoms with Gasteiger partial charge in [-0.15, -0.1) is 0 Å². The van der Waals surface area contributed by atoms with E-state index in [1.165, 1.54) is 13.2 Å². The Morgan fingerprint density at radius 1 is 1.27 bits per heavy atom. The second-order valence-electron chi connectivity index (χ2n) is 4.35. The average molecular weight is 346 g/mol. The van der Waals surface area contributed by atoms with Crippen molar-refractivity contribution in [2.45, 2.75) is 12.8 Å². The van der Waals surface area contributed by atoms with Crippen molar-refractivity contribution in [3.63, 3.8) is 0 Å². The molecule has 0 aliphatic carbocycles. The van der Waals surface area contributed by atoms with Gasteiger partial charge in [0.05, 0.1) is 12.9 Å². The zero-order valence-corrected chi connectivity index (χ0v) is 13.5. The van der Waals surface area contributed by atoms with Crippen LogP contribution in [0.25, 0.3) is 6.08 Å². The van der Waals surface area contributed by atoms with E-state index in [-0.39, 0.29) is 18.6 Å². The molecule has 0 aromatic heterocycles. The molecule has 0 atom stereocenters. The Morgan fingerprint density at radius 2 is 1.91 bits per heavy atom. The summed E-state index contributed by atoms with van der Waals surface area (Å²) in [6.07, 6.45) is 2.64. The van der Waals surface area contributed by atoms with Crippen LogP contribution in [0.2, 0.25) is 5.02 Å². The molecule has 1 N–H and O–H groups in total. The Kier molecular flexibility index (Phi) is 7.07. The van der Waals surface area contributed by atoms with Crippen molar-refractivity contribution in [1.29, 1.82) is 0 Å². The summed E-state index contributed by atoms with van der Waals surface area (Å²) in [7, 11) is -2.55. The van der Waals surface area contributed by atoms with Crippen LogP contribution in [0.15, 0.2) is 30.3 Å². The fourth-order valence-corrected chi connectivity index (χ4v) is 2.62. The number of nitrogens with one attached hydrogen (secondary N) is 1. The molecule has 1 aromatic rings. The van der Waals surface area contributed by atoms with Gasteiger partial charge in [0.25, 0.3) is 5.91 Å². The fraction of sp³-hybridized carbons (Fsp3) is 0.286. The molecule has 1 aromatic carbocycles. The quantitative estimate of drug-likeness (QED) is 0.600. The minimum Gasteiger partial charge on any atom is -0.469 e. The van der Waals surface area contributed by atoms with Gasteiger partial charge in [-0.05, 0) is 30.2 Å². The topological polar surface area (TPSA) is 89.5 Å². The first-order chi connectivity index (χ1) is 10.3. The van der Waals surface area contributed by atoms with E-state index in [0.717, 1.165) is 6.08 Å². The van der Waals surface area contributed by atoms with Crippen molar-refractivity contribution >= 4 is 39.6 Å². The van der Waals surface area contributed by atoms with Crippen LogP contribution in [-0.4, -0.2) is 33.2 Å². The van der Waals surface area contributed by atoms with E-state index in [2.05, 4.69) is 4.74 Å². The second-order valence-corrected chi connectivity index (χ2v) is 6.63. The minimum absolute atomic E-state index is 0.0216. The van der Waals surface area contributed by atoms with Crippen LogP contribution >= 0.6 is 11.6 Å². The summed E-state index contributed by atoms with van der Waals surface area (Å²) in [6.45, 7) is 0. The Labute approximate surface area is 134 Å². The lowest BCUT2D eigenvalue weighted by molar-refractivity contribution is -0.140. The number of hydrogen-bond acceptors (Lipinski definition) is 5. The Hall–Kier alpha value is -1.86. The summed E-state index contributed by atoms with van der Waals surface area (Å²) in [4.78, 5) is 22.4. The van der Waals surface area contributed by atoms with Crippen LogP contribution in [0.1, 0.15) is 18.4 Å². The molecule has 120 valence electrons. The third-order valence-electron chi connectivity index (χ3n) is 2.57. The van der Waals surface area contributed by atoms with Crippen molar-refractivity contribution in [2.75, 3.05) is 12.9 Å². The number of rotatable bonds is 7. The molecule has 8 heteroatoms. The monoisotopic (exact) mass is 345 g/mol. The number of esters is 1. The molecule has 0 aliphatic rings. The lowest BCUT2D eigenvalue weighted by Crippen LogP contribution is -2.31.